The average Bonchev–Trinajstić information content (AvgIpc) is 2.24. The smallest absolute Gasteiger partial charge is 0.233 e. The first-order chi connectivity index (χ1) is 7.57. The molecule has 0 aromatic heterocycles. The molecule has 0 saturated carbocycles. The minimum atomic E-state index is -0.160. The first-order valence-electron chi connectivity index (χ1n) is 5.12. The summed E-state index contributed by atoms with van der Waals surface area (Å²) >= 11 is 0. The van der Waals surface area contributed by atoms with Gasteiger partial charge in [-0.05, 0) is 0 Å². The molecular formula is C10H18N4O2. The summed E-state index contributed by atoms with van der Waals surface area (Å²) in [6.45, 7) is 1.02. The summed E-state index contributed by atoms with van der Waals surface area (Å²) in [4.78, 5) is 23.8. The predicted octanol–water partition coefficient (Wildman–Crippen LogP) is -0.916. The Labute approximate surface area is 95.6 Å². The molecule has 2 amide bonds. The van der Waals surface area contributed by atoms with Crippen molar-refractivity contribution in [3.63, 3.8) is 0 Å². The van der Waals surface area contributed by atoms with Crippen LogP contribution in [0.1, 0.15) is 12.8 Å². The quantitative estimate of drug-likeness (QED) is 0.550. The normalized spacial score (nSPS) is 9.31. The van der Waals surface area contributed by atoms with Crippen molar-refractivity contribution in [2.24, 2.45) is 0 Å². The van der Waals surface area contributed by atoms with Crippen LogP contribution in [0, 0.1) is 11.3 Å². The Morgan fingerprint density at radius 2 is 2.00 bits per heavy atom. The molecule has 0 aliphatic carbocycles. The Morgan fingerprint density at radius 3 is 2.56 bits per heavy atom. The summed E-state index contributed by atoms with van der Waals surface area (Å²) in [5.41, 5.74) is 0. The van der Waals surface area contributed by atoms with E-state index in [0.29, 0.717) is 25.9 Å². The van der Waals surface area contributed by atoms with E-state index >= 15 is 0 Å². The monoisotopic (exact) mass is 226 g/mol. The second kappa shape index (κ2) is 8.68. The van der Waals surface area contributed by atoms with E-state index in [-0.39, 0.29) is 18.4 Å². The van der Waals surface area contributed by atoms with Gasteiger partial charge in [0.15, 0.2) is 0 Å². The van der Waals surface area contributed by atoms with Gasteiger partial charge in [-0.2, -0.15) is 5.26 Å². The summed E-state index contributed by atoms with van der Waals surface area (Å²) in [6, 6.07) is 1.93. The van der Waals surface area contributed by atoms with Gasteiger partial charge in [0.2, 0.25) is 11.8 Å². The number of nitrogens with one attached hydrogen (secondary N) is 2. The molecular weight excluding hydrogens is 208 g/mol. The van der Waals surface area contributed by atoms with Crippen LogP contribution in [-0.4, -0.2) is 50.4 Å². The van der Waals surface area contributed by atoms with Crippen molar-refractivity contribution >= 4 is 11.8 Å². The van der Waals surface area contributed by atoms with E-state index in [0.717, 1.165) is 0 Å². The molecule has 0 spiro atoms. The average molecular weight is 226 g/mol. The topological polar surface area (TPSA) is 85.2 Å². The molecule has 90 valence electrons. The molecule has 0 aromatic carbocycles. The first-order valence-corrected chi connectivity index (χ1v) is 5.12. The summed E-state index contributed by atoms with van der Waals surface area (Å²) in [7, 11) is 3.38. The lowest BCUT2D eigenvalue weighted by molar-refractivity contribution is -0.128. The molecule has 0 aliphatic rings. The van der Waals surface area contributed by atoms with Crippen LogP contribution in [0.4, 0.5) is 0 Å². The molecule has 0 aromatic rings. The highest BCUT2D eigenvalue weighted by Crippen LogP contribution is 1.84. The minimum absolute atomic E-state index is 0.0254. The highest BCUT2D eigenvalue weighted by molar-refractivity contribution is 5.78. The van der Waals surface area contributed by atoms with Gasteiger partial charge in [-0.25, -0.2) is 0 Å². The van der Waals surface area contributed by atoms with Crippen molar-refractivity contribution in [2.75, 3.05) is 33.7 Å². The number of carbonyl (C=O) groups excluding carboxylic acids is 2. The standard InChI is InChI=1S/C10H18N4O2/c1-14(2)10(16)4-7-12-8-9(15)13-6-3-5-11/h12H,3-4,6-8H2,1-2H3,(H,13,15). The van der Waals surface area contributed by atoms with E-state index in [1.165, 1.54) is 4.90 Å². The lowest BCUT2D eigenvalue weighted by atomic mass is 10.3. The Kier molecular flexibility index (Phi) is 7.81. The van der Waals surface area contributed by atoms with Crippen molar-refractivity contribution in [3.8, 4) is 6.07 Å². The molecule has 0 rings (SSSR count). The molecule has 0 aliphatic heterocycles. The maximum Gasteiger partial charge on any atom is 0.233 e. The van der Waals surface area contributed by atoms with Crippen molar-refractivity contribution in [3.05, 3.63) is 0 Å². The maximum atomic E-state index is 11.1. The zero-order valence-electron chi connectivity index (χ0n) is 9.75. The highest BCUT2D eigenvalue weighted by Gasteiger charge is 2.04. The molecule has 6 heteroatoms. The Bertz CT molecular complexity index is 270. The van der Waals surface area contributed by atoms with Crippen LogP contribution in [0.2, 0.25) is 0 Å². The summed E-state index contributed by atoms with van der Waals surface area (Å²) < 4.78 is 0. The largest absolute Gasteiger partial charge is 0.354 e. The van der Waals surface area contributed by atoms with E-state index in [1.54, 1.807) is 14.1 Å². The third-order valence-corrected chi connectivity index (χ3v) is 1.86. The van der Waals surface area contributed by atoms with E-state index in [9.17, 15) is 9.59 Å². The highest BCUT2D eigenvalue weighted by atomic mass is 16.2. The predicted molar refractivity (Wildman–Crippen MR) is 59.4 cm³/mol. The van der Waals surface area contributed by atoms with Crippen LogP contribution in [0.5, 0.6) is 0 Å². The van der Waals surface area contributed by atoms with Crippen LogP contribution in [-0.2, 0) is 9.59 Å². The van der Waals surface area contributed by atoms with Crippen LogP contribution in [0.3, 0.4) is 0 Å². The van der Waals surface area contributed by atoms with Gasteiger partial charge in [-0.3, -0.25) is 9.59 Å². The zero-order chi connectivity index (χ0) is 12.4. The molecule has 0 fully saturated rings. The van der Waals surface area contributed by atoms with Gasteiger partial charge in [-0.15, -0.1) is 0 Å². The van der Waals surface area contributed by atoms with Gasteiger partial charge >= 0.3 is 0 Å². The van der Waals surface area contributed by atoms with Gasteiger partial charge in [0.1, 0.15) is 0 Å². The minimum Gasteiger partial charge on any atom is -0.354 e. The van der Waals surface area contributed by atoms with Crippen LogP contribution in [0.15, 0.2) is 0 Å². The Hall–Kier alpha value is -1.61. The molecule has 2 N–H and O–H groups in total. The van der Waals surface area contributed by atoms with Crippen molar-refractivity contribution < 1.29 is 9.59 Å². The Balaban J connectivity index is 3.42. The fourth-order valence-electron chi connectivity index (χ4n) is 0.941. The molecule has 6 nitrogen and oxygen atoms in total. The SMILES string of the molecule is CN(C)C(=O)CCNCC(=O)NCCC#N. The number of hydrogen-bond acceptors (Lipinski definition) is 4. The third-order valence-electron chi connectivity index (χ3n) is 1.86. The molecule has 0 unspecified atom stereocenters. The van der Waals surface area contributed by atoms with E-state index < -0.39 is 0 Å². The molecule has 0 bridgehead atoms. The summed E-state index contributed by atoms with van der Waals surface area (Å²) in [5.74, 6) is -0.134. The second-order valence-electron chi connectivity index (χ2n) is 3.47. The lowest BCUT2D eigenvalue weighted by Gasteiger charge is -2.10. The fourth-order valence-corrected chi connectivity index (χ4v) is 0.941. The molecule has 0 atom stereocenters. The summed E-state index contributed by atoms with van der Waals surface area (Å²) in [5, 5.41) is 13.7. The van der Waals surface area contributed by atoms with Gasteiger partial charge in [0.05, 0.1) is 19.0 Å². The number of hydrogen-bond donors (Lipinski definition) is 2. The maximum absolute atomic E-state index is 11.1. The van der Waals surface area contributed by atoms with Gasteiger partial charge < -0.3 is 15.5 Å². The third kappa shape index (κ3) is 7.76. The molecule has 0 heterocycles. The van der Waals surface area contributed by atoms with E-state index in [1.807, 2.05) is 6.07 Å². The van der Waals surface area contributed by atoms with E-state index in [4.69, 9.17) is 5.26 Å². The van der Waals surface area contributed by atoms with Crippen molar-refractivity contribution in [1.29, 1.82) is 5.26 Å². The summed E-state index contributed by atoms with van der Waals surface area (Å²) in [6.07, 6.45) is 0.684. The number of nitrogens with zero attached hydrogens (tertiary/aromatic N) is 2. The lowest BCUT2D eigenvalue weighted by Crippen LogP contribution is -2.36. The number of carbonyl (C=O) groups is 2. The molecule has 0 saturated heterocycles. The number of rotatable bonds is 7. The number of amides is 2. The van der Waals surface area contributed by atoms with Crippen molar-refractivity contribution in [1.82, 2.24) is 15.5 Å². The van der Waals surface area contributed by atoms with Crippen LogP contribution < -0.4 is 10.6 Å². The molecule has 16 heavy (non-hydrogen) atoms. The number of nitriles is 1. The van der Waals surface area contributed by atoms with Gasteiger partial charge in [-0.1, -0.05) is 0 Å². The van der Waals surface area contributed by atoms with Crippen LogP contribution >= 0.6 is 0 Å². The van der Waals surface area contributed by atoms with Gasteiger partial charge in [0, 0.05) is 33.6 Å². The Morgan fingerprint density at radius 1 is 1.31 bits per heavy atom. The molecule has 0 radical (unpaired) electrons. The van der Waals surface area contributed by atoms with Gasteiger partial charge in [0.25, 0.3) is 0 Å². The first kappa shape index (κ1) is 14.4. The van der Waals surface area contributed by atoms with Crippen LogP contribution in [0.25, 0.3) is 0 Å². The zero-order valence-corrected chi connectivity index (χ0v) is 9.75. The van der Waals surface area contributed by atoms with Crippen molar-refractivity contribution in [2.45, 2.75) is 12.8 Å². The fraction of sp³-hybridized carbons (Fsp3) is 0.700. The van der Waals surface area contributed by atoms with E-state index in [2.05, 4.69) is 10.6 Å². The second-order valence-corrected chi connectivity index (χ2v) is 3.47.